The van der Waals surface area contributed by atoms with Crippen molar-refractivity contribution in [1.82, 2.24) is 5.32 Å². The maximum absolute atomic E-state index is 3.59. The molecule has 0 saturated carbocycles. The first-order valence-corrected chi connectivity index (χ1v) is 6.27. The standard InChI is InChI=1S/C12H27N2/c1-5-12(6-2)11-13-9-10-14(12,7-3)8-4/h13H,5-11H2,1-4H3/q+1. The molecule has 0 aromatic heterocycles. The lowest BCUT2D eigenvalue weighted by molar-refractivity contribution is -0.976. The fraction of sp³-hybridized carbons (Fsp3) is 1.00. The van der Waals surface area contributed by atoms with E-state index < -0.39 is 0 Å². The van der Waals surface area contributed by atoms with Crippen LogP contribution in [0.25, 0.3) is 0 Å². The van der Waals surface area contributed by atoms with Crippen molar-refractivity contribution in [2.75, 3.05) is 32.7 Å². The zero-order chi connectivity index (χ0) is 10.7. The fourth-order valence-corrected chi connectivity index (χ4v) is 3.40. The molecule has 0 aromatic carbocycles. The summed E-state index contributed by atoms with van der Waals surface area (Å²) in [6.07, 6.45) is 2.61. The van der Waals surface area contributed by atoms with Gasteiger partial charge in [-0.15, -0.1) is 0 Å². The molecular weight excluding hydrogens is 172 g/mol. The molecule has 0 radical (unpaired) electrons. The molecule has 14 heavy (non-hydrogen) atoms. The van der Waals surface area contributed by atoms with Gasteiger partial charge in [0.2, 0.25) is 0 Å². The molecule has 1 heterocycles. The van der Waals surface area contributed by atoms with Gasteiger partial charge in [0, 0.05) is 19.4 Å². The van der Waals surface area contributed by atoms with E-state index in [2.05, 4.69) is 33.0 Å². The van der Waals surface area contributed by atoms with Crippen LogP contribution in [0.1, 0.15) is 40.5 Å². The van der Waals surface area contributed by atoms with E-state index in [1.807, 2.05) is 0 Å². The van der Waals surface area contributed by atoms with Gasteiger partial charge in [-0.25, -0.2) is 0 Å². The van der Waals surface area contributed by atoms with Crippen LogP contribution in [0.4, 0.5) is 0 Å². The molecule has 84 valence electrons. The third-order valence-electron chi connectivity index (χ3n) is 4.70. The molecule has 0 aliphatic carbocycles. The maximum Gasteiger partial charge on any atom is 0.111 e. The van der Waals surface area contributed by atoms with Gasteiger partial charge in [0.1, 0.15) is 5.54 Å². The third-order valence-corrected chi connectivity index (χ3v) is 4.70. The Kier molecular flexibility index (Phi) is 3.96. The van der Waals surface area contributed by atoms with Gasteiger partial charge in [-0.1, -0.05) is 13.8 Å². The summed E-state index contributed by atoms with van der Waals surface area (Å²) in [5.41, 5.74) is 0.502. The Hall–Kier alpha value is -0.0800. The zero-order valence-corrected chi connectivity index (χ0v) is 10.4. The first-order chi connectivity index (χ1) is 6.70. The van der Waals surface area contributed by atoms with Crippen molar-refractivity contribution in [2.45, 2.75) is 46.1 Å². The molecule has 0 bridgehead atoms. The highest BCUT2D eigenvalue weighted by Crippen LogP contribution is 2.33. The summed E-state index contributed by atoms with van der Waals surface area (Å²) in [5, 5.41) is 3.59. The van der Waals surface area contributed by atoms with Crippen LogP contribution in [0.3, 0.4) is 0 Å². The van der Waals surface area contributed by atoms with Crippen molar-refractivity contribution < 1.29 is 4.48 Å². The van der Waals surface area contributed by atoms with Crippen LogP contribution in [0.2, 0.25) is 0 Å². The van der Waals surface area contributed by atoms with Crippen LogP contribution < -0.4 is 5.32 Å². The fourth-order valence-electron chi connectivity index (χ4n) is 3.40. The molecule has 0 unspecified atom stereocenters. The number of piperazine rings is 1. The van der Waals surface area contributed by atoms with Crippen LogP contribution in [-0.2, 0) is 0 Å². The lowest BCUT2D eigenvalue weighted by Crippen LogP contribution is -2.72. The summed E-state index contributed by atoms with van der Waals surface area (Å²) in [5.74, 6) is 0. The summed E-state index contributed by atoms with van der Waals surface area (Å²) in [7, 11) is 0. The van der Waals surface area contributed by atoms with E-state index in [1.54, 1.807) is 0 Å². The molecule has 1 N–H and O–H groups in total. The summed E-state index contributed by atoms with van der Waals surface area (Å²) < 4.78 is 1.33. The van der Waals surface area contributed by atoms with Gasteiger partial charge in [-0.2, -0.15) is 0 Å². The molecule has 0 aromatic rings. The SMILES string of the molecule is CCC1(CC)CNCC[N+]1(CC)CC. The Labute approximate surface area is 89.3 Å². The van der Waals surface area contributed by atoms with Gasteiger partial charge >= 0.3 is 0 Å². The lowest BCUT2D eigenvalue weighted by atomic mass is 9.85. The Bertz CT molecular complexity index is 149. The van der Waals surface area contributed by atoms with Gasteiger partial charge in [0.25, 0.3) is 0 Å². The predicted molar refractivity (Wildman–Crippen MR) is 62.4 cm³/mol. The summed E-state index contributed by atoms with van der Waals surface area (Å²) >= 11 is 0. The molecule has 2 heteroatoms. The highest BCUT2D eigenvalue weighted by molar-refractivity contribution is 4.85. The van der Waals surface area contributed by atoms with Gasteiger partial charge in [-0.3, -0.25) is 0 Å². The Morgan fingerprint density at radius 1 is 1.07 bits per heavy atom. The Morgan fingerprint density at radius 3 is 2.00 bits per heavy atom. The van der Waals surface area contributed by atoms with Crippen LogP contribution in [0.5, 0.6) is 0 Å². The number of likely N-dealkylation sites (N-methyl/N-ethyl adjacent to an activating group) is 1. The number of hydrogen-bond acceptors (Lipinski definition) is 1. The zero-order valence-electron chi connectivity index (χ0n) is 10.4. The first kappa shape index (κ1) is 12.0. The second kappa shape index (κ2) is 4.63. The van der Waals surface area contributed by atoms with E-state index in [-0.39, 0.29) is 0 Å². The van der Waals surface area contributed by atoms with E-state index in [1.165, 1.54) is 50.0 Å². The first-order valence-electron chi connectivity index (χ1n) is 6.27. The van der Waals surface area contributed by atoms with E-state index >= 15 is 0 Å². The van der Waals surface area contributed by atoms with Gasteiger partial charge in [0.15, 0.2) is 0 Å². The maximum atomic E-state index is 3.59. The third kappa shape index (κ3) is 1.59. The molecule has 1 fully saturated rings. The van der Waals surface area contributed by atoms with Crippen molar-refractivity contribution in [2.24, 2.45) is 0 Å². The van der Waals surface area contributed by atoms with E-state index in [0.29, 0.717) is 5.54 Å². The summed E-state index contributed by atoms with van der Waals surface area (Å²) in [6.45, 7) is 15.7. The largest absolute Gasteiger partial charge is 0.317 e. The average molecular weight is 199 g/mol. The second-order valence-electron chi connectivity index (χ2n) is 4.61. The van der Waals surface area contributed by atoms with E-state index in [4.69, 9.17) is 0 Å². The highest BCUT2D eigenvalue weighted by atomic mass is 15.4. The predicted octanol–water partition coefficient (Wildman–Crippen LogP) is 2.00. The second-order valence-corrected chi connectivity index (χ2v) is 4.61. The van der Waals surface area contributed by atoms with Crippen LogP contribution in [0, 0.1) is 0 Å². The molecule has 1 saturated heterocycles. The minimum Gasteiger partial charge on any atom is -0.317 e. The molecule has 2 nitrogen and oxygen atoms in total. The van der Waals surface area contributed by atoms with Crippen LogP contribution in [0.15, 0.2) is 0 Å². The molecule has 1 aliphatic heterocycles. The minimum atomic E-state index is 0.502. The topological polar surface area (TPSA) is 12.0 Å². The van der Waals surface area contributed by atoms with Gasteiger partial charge in [-0.05, 0) is 13.8 Å². The number of hydrogen-bond donors (Lipinski definition) is 1. The normalized spacial score (nSPS) is 24.9. The minimum absolute atomic E-state index is 0.502. The van der Waals surface area contributed by atoms with Crippen molar-refractivity contribution in [1.29, 1.82) is 0 Å². The molecule has 0 spiro atoms. The molecule has 0 atom stereocenters. The molecule has 1 rings (SSSR count). The smallest absolute Gasteiger partial charge is 0.111 e. The van der Waals surface area contributed by atoms with E-state index in [9.17, 15) is 0 Å². The Morgan fingerprint density at radius 2 is 1.64 bits per heavy atom. The lowest BCUT2D eigenvalue weighted by Gasteiger charge is -2.55. The summed E-state index contributed by atoms with van der Waals surface area (Å²) in [4.78, 5) is 0. The molecule has 1 aliphatic rings. The number of rotatable bonds is 4. The monoisotopic (exact) mass is 199 g/mol. The van der Waals surface area contributed by atoms with Crippen LogP contribution in [-0.4, -0.2) is 42.7 Å². The van der Waals surface area contributed by atoms with Crippen molar-refractivity contribution >= 4 is 0 Å². The van der Waals surface area contributed by atoms with Crippen molar-refractivity contribution in [3.8, 4) is 0 Å². The van der Waals surface area contributed by atoms with Crippen molar-refractivity contribution in [3.05, 3.63) is 0 Å². The van der Waals surface area contributed by atoms with Gasteiger partial charge < -0.3 is 9.80 Å². The quantitative estimate of drug-likeness (QED) is 0.683. The number of nitrogens with zero attached hydrogens (tertiary/aromatic N) is 1. The summed E-state index contributed by atoms with van der Waals surface area (Å²) in [6, 6.07) is 0. The van der Waals surface area contributed by atoms with E-state index in [0.717, 1.165) is 0 Å². The molecular formula is C12H27N2+. The molecule has 0 amide bonds. The number of quaternary nitrogens is 1. The average Bonchev–Trinajstić information content (AvgIpc) is 2.28. The Balaban J connectivity index is 2.96. The van der Waals surface area contributed by atoms with Crippen LogP contribution >= 0.6 is 0 Å². The van der Waals surface area contributed by atoms with Crippen molar-refractivity contribution in [3.63, 3.8) is 0 Å². The highest BCUT2D eigenvalue weighted by Gasteiger charge is 2.47. The van der Waals surface area contributed by atoms with Gasteiger partial charge in [0.05, 0.1) is 26.2 Å². The number of nitrogens with one attached hydrogen (secondary N) is 1.